The minimum atomic E-state index is 0.109. The van der Waals surface area contributed by atoms with Gasteiger partial charge in [-0.25, -0.2) is 0 Å². The van der Waals surface area contributed by atoms with Gasteiger partial charge in [-0.1, -0.05) is 26.2 Å². The lowest BCUT2D eigenvalue weighted by Crippen LogP contribution is -1.95. The van der Waals surface area contributed by atoms with Gasteiger partial charge in [-0.3, -0.25) is 4.79 Å². The zero-order chi connectivity index (χ0) is 11.3. The molecule has 15 heavy (non-hydrogen) atoms. The molecule has 0 atom stereocenters. The van der Waals surface area contributed by atoms with Crippen molar-refractivity contribution in [3.05, 3.63) is 23.2 Å². The van der Waals surface area contributed by atoms with Crippen molar-refractivity contribution in [2.24, 2.45) is 0 Å². The molecule has 0 aliphatic heterocycles. The number of aryl methyl sites for hydroxylation is 2. The Hall–Kier alpha value is -1.05. The van der Waals surface area contributed by atoms with Gasteiger partial charge < -0.3 is 4.42 Å². The molecule has 0 saturated heterocycles. The zero-order valence-corrected chi connectivity index (χ0v) is 9.93. The van der Waals surface area contributed by atoms with E-state index in [0.717, 1.165) is 29.9 Å². The van der Waals surface area contributed by atoms with Gasteiger partial charge in [0, 0.05) is 6.42 Å². The van der Waals surface area contributed by atoms with Crippen molar-refractivity contribution >= 4 is 5.78 Å². The maximum atomic E-state index is 11.3. The van der Waals surface area contributed by atoms with Crippen LogP contribution in [-0.2, 0) is 6.42 Å². The quantitative estimate of drug-likeness (QED) is 0.524. The Morgan fingerprint density at radius 2 is 2.07 bits per heavy atom. The molecule has 0 radical (unpaired) electrons. The van der Waals surface area contributed by atoms with Gasteiger partial charge in [0.2, 0.25) is 0 Å². The van der Waals surface area contributed by atoms with Crippen molar-refractivity contribution in [2.75, 3.05) is 0 Å². The molecule has 0 aliphatic rings. The molecule has 0 spiro atoms. The van der Waals surface area contributed by atoms with E-state index in [1.165, 1.54) is 19.3 Å². The van der Waals surface area contributed by atoms with Crippen LogP contribution in [0.2, 0.25) is 0 Å². The fourth-order valence-corrected chi connectivity index (χ4v) is 1.76. The fraction of sp³-hybridized carbons (Fsp3) is 0.615. The van der Waals surface area contributed by atoms with Crippen LogP contribution in [0.5, 0.6) is 0 Å². The first kappa shape index (κ1) is 12.0. The Bertz CT molecular complexity index is 323. The summed E-state index contributed by atoms with van der Waals surface area (Å²) in [6, 6.07) is 1.84. The van der Waals surface area contributed by atoms with E-state index < -0.39 is 0 Å². The first-order valence-electron chi connectivity index (χ1n) is 5.75. The van der Waals surface area contributed by atoms with E-state index >= 15 is 0 Å². The fourth-order valence-electron chi connectivity index (χ4n) is 1.76. The maximum absolute atomic E-state index is 11.3. The highest BCUT2D eigenvalue weighted by atomic mass is 16.3. The molecule has 1 heterocycles. The van der Waals surface area contributed by atoms with Crippen LogP contribution in [0.3, 0.4) is 0 Å². The minimum absolute atomic E-state index is 0.109. The average Bonchev–Trinajstić information content (AvgIpc) is 2.55. The molecule has 0 aromatic carbocycles. The van der Waals surface area contributed by atoms with Crippen molar-refractivity contribution in [1.29, 1.82) is 0 Å². The standard InChI is InChI=1S/C13H20O2/c1-4-5-6-7-8-13-12(11(3)14)9-10(2)15-13/h9H,4-8H2,1-3H3. The highest BCUT2D eigenvalue weighted by Crippen LogP contribution is 2.18. The lowest BCUT2D eigenvalue weighted by molar-refractivity contribution is 0.101. The molecule has 0 aliphatic carbocycles. The van der Waals surface area contributed by atoms with Crippen LogP contribution in [-0.4, -0.2) is 5.78 Å². The molecule has 0 saturated carbocycles. The van der Waals surface area contributed by atoms with Gasteiger partial charge in [-0.05, 0) is 26.3 Å². The van der Waals surface area contributed by atoms with E-state index in [9.17, 15) is 4.79 Å². The SMILES string of the molecule is CCCCCCc1oc(C)cc1C(C)=O. The topological polar surface area (TPSA) is 30.2 Å². The number of Topliss-reactive ketones (excluding diaryl/α,β-unsaturated/α-hetero) is 1. The van der Waals surface area contributed by atoms with Crippen LogP contribution in [0.25, 0.3) is 0 Å². The molecule has 1 aromatic heterocycles. The van der Waals surface area contributed by atoms with Crippen molar-refractivity contribution in [3.63, 3.8) is 0 Å². The molecule has 0 amide bonds. The number of unbranched alkanes of at least 4 members (excludes halogenated alkanes) is 3. The van der Waals surface area contributed by atoms with Gasteiger partial charge in [-0.2, -0.15) is 0 Å². The summed E-state index contributed by atoms with van der Waals surface area (Å²) in [7, 11) is 0. The summed E-state index contributed by atoms with van der Waals surface area (Å²) in [6.45, 7) is 5.68. The second kappa shape index (κ2) is 5.74. The molecule has 0 unspecified atom stereocenters. The first-order valence-corrected chi connectivity index (χ1v) is 5.75. The second-order valence-electron chi connectivity index (χ2n) is 4.06. The minimum Gasteiger partial charge on any atom is -0.466 e. The lowest BCUT2D eigenvalue weighted by Gasteiger charge is -1.99. The third-order valence-electron chi connectivity index (χ3n) is 2.57. The van der Waals surface area contributed by atoms with Crippen LogP contribution >= 0.6 is 0 Å². The van der Waals surface area contributed by atoms with Crippen molar-refractivity contribution in [2.45, 2.75) is 52.9 Å². The smallest absolute Gasteiger partial charge is 0.163 e. The number of carbonyl (C=O) groups is 1. The number of furan rings is 1. The summed E-state index contributed by atoms with van der Waals surface area (Å²) < 4.78 is 5.54. The summed E-state index contributed by atoms with van der Waals surface area (Å²) >= 11 is 0. The normalized spacial score (nSPS) is 10.6. The molecule has 84 valence electrons. The van der Waals surface area contributed by atoms with Crippen LogP contribution < -0.4 is 0 Å². The zero-order valence-electron chi connectivity index (χ0n) is 9.93. The van der Waals surface area contributed by atoms with Crippen LogP contribution in [0.1, 0.15) is 61.4 Å². The van der Waals surface area contributed by atoms with E-state index in [1.807, 2.05) is 13.0 Å². The summed E-state index contributed by atoms with van der Waals surface area (Å²) in [6.07, 6.45) is 5.71. The molecule has 2 heteroatoms. The third kappa shape index (κ3) is 3.54. The Labute approximate surface area is 91.7 Å². The van der Waals surface area contributed by atoms with E-state index in [1.54, 1.807) is 6.92 Å². The Kier molecular flexibility index (Phi) is 4.60. The average molecular weight is 208 g/mol. The van der Waals surface area contributed by atoms with E-state index in [-0.39, 0.29) is 5.78 Å². The first-order chi connectivity index (χ1) is 7.15. The molecule has 1 rings (SSSR count). The Morgan fingerprint density at radius 1 is 1.33 bits per heavy atom. The highest BCUT2D eigenvalue weighted by molar-refractivity contribution is 5.95. The monoisotopic (exact) mass is 208 g/mol. The number of carbonyl (C=O) groups excluding carboxylic acids is 1. The van der Waals surface area contributed by atoms with Crippen molar-refractivity contribution < 1.29 is 9.21 Å². The summed E-state index contributed by atoms with van der Waals surface area (Å²) in [5, 5.41) is 0. The Balaban J connectivity index is 2.55. The molecular weight excluding hydrogens is 188 g/mol. The summed E-state index contributed by atoms with van der Waals surface area (Å²) in [5.41, 5.74) is 0.768. The van der Waals surface area contributed by atoms with Gasteiger partial charge >= 0.3 is 0 Å². The third-order valence-corrected chi connectivity index (χ3v) is 2.57. The molecule has 2 nitrogen and oxygen atoms in total. The molecule has 1 aromatic rings. The summed E-state index contributed by atoms with van der Waals surface area (Å²) in [5.74, 6) is 1.82. The number of rotatable bonds is 6. The van der Waals surface area contributed by atoms with Crippen LogP contribution in [0, 0.1) is 6.92 Å². The highest BCUT2D eigenvalue weighted by Gasteiger charge is 2.12. The predicted octanol–water partition coefficient (Wildman–Crippen LogP) is 3.91. The van der Waals surface area contributed by atoms with E-state index in [4.69, 9.17) is 4.42 Å². The largest absolute Gasteiger partial charge is 0.466 e. The lowest BCUT2D eigenvalue weighted by atomic mass is 10.1. The number of hydrogen-bond donors (Lipinski definition) is 0. The van der Waals surface area contributed by atoms with Crippen LogP contribution in [0.4, 0.5) is 0 Å². The van der Waals surface area contributed by atoms with E-state index in [0.29, 0.717) is 0 Å². The number of ketones is 1. The van der Waals surface area contributed by atoms with Gasteiger partial charge in [0.05, 0.1) is 5.56 Å². The van der Waals surface area contributed by atoms with Crippen LogP contribution in [0.15, 0.2) is 10.5 Å². The predicted molar refractivity (Wildman–Crippen MR) is 61.3 cm³/mol. The van der Waals surface area contributed by atoms with Gasteiger partial charge in [0.1, 0.15) is 11.5 Å². The second-order valence-corrected chi connectivity index (χ2v) is 4.06. The van der Waals surface area contributed by atoms with E-state index in [2.05, 4.69) is 6.92 Å². The summed E-state index contributed by atoms with van der Waals surface area (Å²) in [4.78, 5) is 11.3. The van der Waals surface area contributed by atoms with Crippen molar-refractivity contribution in [1.82, 2.24) is 0 Å². The number of hydrogen-bond acceptors (Lipinski definition) is 2. The maximum Gasteiger partial charge on any atom is 0.163 e. The van der Waals surface area contributed by atoms with Gasteiger partial charge in [0.15, 0.2) is 5.78 Å². The van der Waals surface area contributed by atoms with Gasteiger partial charge in [0.25, 0.3) is 0 Å². The van der Waals surface area contributed by atoms with Gasteiger partial charge in [-0.15, -0.1) is 0 Å². The van der Waals surface area contributed by atoms with Crippen molar-refractivity contribution in [3.8, 4) is 0 Å². The molecule has 0 bridgehead atoms. The molecular formula is C13H20O2. The Morgan fingerprint density at radius 3 is 2.67 bits per heavy atom. The molecule has 0 N–H and O–H groups in total. The molecule has 0 fully saturated rings.